The Morgan fingerprint density at radius 3 is 2.73 bits per heavy atom. The lowest BCUT2D eigenvalue weighted by molar-refractivity contribution is 0.0992. The van der Waals surface area contributed by atoms with Crippen LogP contribution in [0.25, 0.3) is 0 Å². The van der Waals surface area contributed by atoms with E-state index in [4.69, 9.17) is 0 Å². The van der Waals surface area contributed by atoms with Gasteiger partial charge in [-0.05, 0) is 30.9 Å². The molecule has 2 heterocycles. The average Bonchev–Trinajstić information content (AvgIpc) is 2.79. The van der Waals surface area contributed by atoms with E-state index in [-0.39, 0.29) is 5.78 Å². The van der Waals surface area contributed by atoms with Crippen molar-refractivity contribution in [1.82, 2.24) is 9.59 Å². The van der Waals surface area contributed by atoms with Crippen LogP contribution in [0.5, 0.6) is 0 Å². The fourth-order valence-corrected chi connectivity index (χ4v) is 2.65. The van der Waals surface area contributed by atoms with Gasteiger partial charge in [0.1, 0.15) is 0 Å². The van der Waals surface area contributed by atoms with Gasteiger partial charge in [-0.3, -0.25) is 4.79 Å². The van der Waals surface area contributed by atoms with Crippen molar-refractivity contribution < 1.29 is 4.79 Å². The molecule has 0 radical (unpaired) electrons. The molecule has 0 N–H and O–H groups in total. The molecule has 0 aliphatic heterocycles. The van der Waals surface area contributed by atoms with Gasteiger partial charge in [0.2, 0.25) is 0 Å². The number of nitrogens with zero attached hydrogens (tertiary/aromatic N) is 2. The second-order valence-electron chi connectivity index (χ2n) is 3.33. The third-order valence-corrected chi connectivity index (χ3v) is 3.90. The van der Waals surface area contributed by atoms with Crippen LogP contribution in [0, 0.1) is 13.8 Å². The Kier molecular flexibility index (Phi) is 2.93. The van der Waals surface area contributed by atoms with Gasteiger partial charge in [0.15, 0.2) is 5.78 Å². The van der Waals surface area contributed by atoms with Gasteiger partial charge in [-0.15, -0.1) is 16.4 Å². The zero-order valence-electron chi connectivity index (χ0n) is 8.48. The van der Waals surface area contributed by atoms with Crippen molar-refractivity contribution in [3.05, 3.63) is 32.5 Å². The van der Waals surface area contributed by atoms with E-state index in [1.807, 2.05) is 24.6 Å². The number of aryl methyl sites for hydroxylation is 1. The molecule has 0 unspecified atom stereocenters. The molecule has 0 aliphatic rings. The molecule has 3 nitrogen and oxygen atoms in total. The van der Waals surface area contributed by atoms with E-state index in [1.165, 1.54) is 16.4 Å². The van der Waals surface area contributed by atoms with Crippen LogP contribution in [0.15, 0.2) is 10.8 Å². The topological polar surface area (TPSA) is 42.9 Å². The van der Waals surface area contributed by atoms with Crippen LogP contribution >= 0.6 is 22.9 Å². The molecule has 0 spiro atoms. The molecule has 2 aromatic heterocycles. The molecule has 78 valence electrons. The van der Waals surface area contributed by atoms with Crippen LogP contribution in [0.1, 0.15) is 26.5 Å². The molecule has 0 bridgehead atoms. The number of hydrogen-bond donors (Lipinski definition) is 0. The Labute approximate surface area is 95.9 Å². The summed E-state index contributed by atoms with van der Waals surface area (Å²) in [5.74, 6) is 0.129. The molecular formula is C10H10N2OS2. The predicted octanol–water partition coefficient (Wildman–Crippen LogP) is 2.64. The molecule has 0 amide bonds. The van der Waals surface area contributed by atoms with Crippen molar-refractivity contribution in [2.75, 3.05) is 0 Å². The van der Waals surface area contributed by atoms with Gasteiger partial charge in [-0.2, -0.15) is 0 Å². The van der Waals surface area contributed by atoms with E-state index in [2.05, 4.69) is 9.59 Å². The van der Waals surface area contributed by atoms with E-state index >= 15 is 0 Å². The first-order valence-corrected chi connectivity index (χ1v) is 6.24. The van der Waals surface area contributed by atoms with Gasteiger partial charge in [-0.25, -0.2) is 0 Å². The van der Waals surface area contributed by atoms with Gasteiger partial charge >= 0.3 is 0 Å². The standard InChI is InChI=1S/C10H10N2OS2/c1-6-7(2)14-5-9(6)10(13)3-8-4-15-12-11-8/h4-5H,3H2,1-2H3. The fourth-order valence-electron chi connectivity index (χ4n) is 1.31. The molecule has 0 aromatic carbocycles. The maximum atomic E-state index is 11.9. The molecule has 2 aromatic rings. The maximum absolute atomic E-state index is 11.9. The highest BCUT2D eigenvalue weighted by Crippen LogP contribution is 2.21. The molecule has 5 heteroatoms. The largest absolute Gasteiger partial charge is 0.294 e. The highest BCUT2D eigenvalue weighted by molar-refractivity contribution is 7.10. The molecule has 0 fully saturated rings. The van der Waals surface area contributed by atoms with Crippen LogP contribution in [0.3, 0.4) is 0 Å². The lowest BCUT2D eigenvalue weighted by Crippen LogP contribution is -2.04. The number of Topliss-reactive ketones (excluding diaryl/α,β-unsaturated/α-hetero) is 1. The molecule has 15 heavy (non-hydrogen) atoms. The lowest BCUT2D eigenvalue weighted by atomic mass is 10.1. The summed E-state index contributed by atoms with van der Waals surface area (Å²) in [6.07, 6.45) is 0.355. The number of thiophene rings is 1. The Balaban J connectivity index is 2.19. The number of carbonyl (C=O) groups excluding carboxylic acids is 1. The Hall–Kier alpha value is -1.07. The van der Waals surface area contributed by atoms with Crippen molar-refractivity contribution in [1.29, 1.82) is 0 Å². The van der Waals surface area contributed by atoms with Crippen molar-refractivity contribution in [3.63, 3.8) is 0 Å². The minimum Gasteiger partial charge on any atom is -0.294 e. The maximum Gasteiger partial charge on any atom is 0.170 e. The third-order valence-electron chi connectivity index (χ3n) is 2.33. The van der Waals surface area contributed by atoms with Crippen LogP contribution in [0.2, 0.25) is 0 Å². The van der Waals surface area contributed by atoms with E-state index in [0.29, 0.717) is 6.42 Å². The van der Waals surface area contributed by atoms with Crippen LogP contribution in [0.4, 0.5) is 0 Å². The smallest absolute Gasteiger partial charge is 0.170 e. The second-order valence-corrected chi connectivity index (χ2v) is 5.02. The highest BCUT2D eigenvalue weighted by atomic mass is 32.1. The monoisotopic (exact) mass is 238 g/mol. The molecule has 0 atom stereocenters. The molecular weight excluding hydrogens is 228 g/mol. The number of carbonyl (C=O) groups is 1. The van der Waals surface area contributed by atoms with Gasteiger partial charge < -0.3 is 0 Å². The minimum absolute atomic E-state index is 0.129. The zero-order chi connectivity index (χ0) is 10.8. The summed E-state index contributed by atoms with van der Waals surface area (Å²) in [7, 11) is 0. The summed E-state index contributed by atoms with van der Waals surface area (Å²) in [5.41, 5.74) is 2.67. The fraction of sp³-hybridized carbons (Fsp3) is 0.300. The summed E-state index contributed by atoms with van der Waals surface area (Å²) < 4.78 is 3.74. The predicted molar refractivity (Wildman–Crippen MR) is 61.7 cm³/mol. The SMILES string of the molecule is Cc1scc(C(=O)Cc2csnn2)c1C. The number of ketones is 1. The van der Waals surface area contributed by atoms with Crippen LogP contribution < -0.4 is 0 Å². The third kappa shape index (κ3) is 2.13. The van der Waals surface area contributed by atoms with Crippen molar-refractivity contribution >= 4 is 28.7 Å². The zero-order valence-corrected chi connectivity index (χ0v) is 10.1. The summed E-state index contributed by atoms with van der Waals surface area (Å²) >= 11 is 2.89. The van der Waals surface area contributed by atoms with Crippen molar-refractivity contribution in [2.24, 2.45) is 0 Å². The summed E-state index contributed by atoms with van der Waals surface area (Å²) in [6.45, 7) is 4.01. The van der Waals surface area contributed by atoms with E-state index in [1.54, 1.807) is 11.3 Å². The Bertz CT molecular complexity index is 474. The first-order chi connectivity index (χ1) is 7.18. The van der Waals surface area contributed by atoms with Crippen molar-refractivity contribution in [2.45, 2.75) is 20.3 Å². The molecule has 2 rings (SSSR count). The van der Waals surface area contributed by atoms with Gasteiger partial charge in [-0.1, -0.05) is 4.49 Å². The van der Waals surface area contributed by atoms with E-state index < -0.39 is 0 Å². The Morgan fingerprint density at radius 1 is 1.40 bits per heavy atom. The summed E-state index contributed by atoms with van der Waals surface area (Å²) in [5, 5.41) is 7.60. The number of hydrogen-bond acceptors (Lipinski definition) is 5. The Morgan fingerprint density at radius 2 is 2.20 bits per heavy atom. The van der Waals surface area contributed by atoms with E-state index in [9.17, 15) is 4.79 Å². The van der Waals surface area contributed by atoms with E-state index in [0.717, 1.165) is 16.8 Å². The first-order valence-electron chi connectivity index (χ1n) is 4.52. The quantitative estimate of drug-likeness (QED) is 0.772. The highest BCUT2D eigenvalue weighted by Gasteiger charge is 2.13. The molecule has 0 saturated heterocycles. The normalized spacial score (nSPS) is 10.5. The van der Waals surface area contributed by atoms with Crippen molar-refractivity contribution in [3.8, 4) is 0 Å². The lowest BCUT2D eigenvalue weighted by Gasteiger charge is -1.97. The van der Waals surface area contributed by atoms with Gasteiger partial charge in [0.25, 0.3) is 0 Å². The second kappa shape index (κ2) is 4.20. The van der Waals surface area contributed by atoms with Crippen LogP contribution in [-0.2, 0) is 6.42 Å². The average molecular weight is 238 g/mol. The molecule has 0 aliphatic carbocycles. The van der Waals surface area contributed by atoms with Crippen LogP contribution in [-0.4, -0.2) is 15.4 Å². The molecule has 0 saturated carbocycles. The summed E-state index contributed by atoms with van der Waals surface area (Å²) in [4.78, 5) is 13.1. The van der Waals surface area contributed by atoms with Gasteiger partial charge in [0.05, 0.1) is 12.1 Å². The minimum atomic E-state index is 0.129. The van der Waals surface area contributed by atoms with Gasteiger partial charge in [0, 0.05) is 21.2 Å². The number of rotatable bonds is 3. The first kappa shape index (κ1) is 10.4. The number of aromatic nitrogens is 2. The summed E-state index contributed by atoms with van der Waals surface area (Å²) in [6, 6.07) is 0.